The zero-order chi connectivity index (χ0) is 19.0. The molecule has 1 aliphatic heterocycles. The topological polar surface area (TPSA) is 107 Å². The maximum atomic E-state index is 12.3. The van der Waals surface area contributed by atoms with Gasteiger partial charge >= 0.3 is 5.97 Å². The second kappa shape index (κ2) is 6.40. The van der Waals surface area contributed by atoms with E-state index in [-0.39, 0.29) is 16.8 Å². The summed E-state index contributed by atoms with van der Waals surface area (Å²) in [6, 6.07) is 8.47. The van der Waals surface area contributed by atoms with Crippen LogP contribution in [0.15, 0.2) is 36.4 Å². The van der Waals surface area contributed by atoms with E-state index in [0.717, 1.165) is 28.2 Å². The van der Waals surface area contributed by atoms with E-state index in [1.165, 1.54) is 6.07 Å². The van der Waals surface area contributed by atoms with Gasteiger partial charge in [-0.2, -0.15) is 0 Å². The minimum absolute atomic E-state index is 0.0274. The van der Waals surface area contributed by atoms with Crippen molar-refractivity contribution in [2.24, 2.45) is 0 Å². The number of nitro groups is 1. The van der Waals surface area contributed by atoms with E-state index < -0.39 is 29.3 Å². The first-order valence-electron chi connectivity index (χ1n) is 7.70. The molecule has 26 heavy (non-hydrogen) atoms. The Balaban J connectivity index is 1.76. The number of rotatable bonds is 4. The Morgan fingerprint density at radius 1 is 1.04 bits per heavy atom. The molecule has 132 valence electrons. The predicted molar refractivity (Wildman–Crippen MR) is 90.0 cm³/mol. The fourth-order valence-corrected chi connectivity index (χ4v) is 2.61. The van der Waals surface area contributed by atoms with Crippen LogP contribution >= 0.6 is 0 Å². The Morgan fingerprint density at radius 3 is 2.38 bits per heavy atom. The average Bonchev–Trinajstić information content (AvgIpc) is 2.82. The molecule has 2 aromatic rings. The summed E-state index contributed by atoms with van der Waals surface area (Å²) >= 11 is 0. The van der Waals surface area contributed by atoms with E-state index >= 15 is 0 Å². The Kier molecular flexibility index (Phi) is 4.25. The quantitative estimate of drug-likeness (QED) is 0.274. The SMILES string of the molecule is Cc1ccc(OC(=O)CN2C(=O)c3ccc([N+](=O)[O-])cc3C2=O)cc1C. The Bertz CT molecular complexity index is 966. The molecular weight excluding hydrogens is 340 g/mol. The van der Waals surface area contributed by atoms with E-state index in [4.69, 9.17) is 4.74 Å². The van der Waals surface area contributed by atoms with Gasteiger partial charge in [-0.3, -0.25) is 24.6 Å². The molecule has 1 heterocycles. The van der Waals surface area contributed by atoms with Crippen LogP contribution in [-0.2, 0) is 4.79 Å². The fraction of sp³-hybridized carbons (Fsp3) is 0.167. The van der Waals surface area contributed by atoms with Crippen LogP contribution in [-0.4, -0.2) is 34.2 Å². The summed E-state index contributed by atoms with van der Waals surface area (Å²) in [5, 5.41) is 10.8. The molecule has 1 aliphatic rings. The van der Waals surface area contributed by atoms with Crippen molar-refractivity contribution >= 4 is 23.5 Å². The molecule has 0 unspecified atom stereocenters. The van der Waals surface area contributed by atoms with Gasteiger partial charge < -0.3 is 4.74 Å². The van der Waals surface area contributed by atoms with E-state index in [1.54, 1.807) is 18.2 Å². The average molecular weight is 354 g/mol. The fourth-order valence-electron chi connectivity index (χ4n) is 2.61. The van der Waals surface area contributed by atoms with Gasteiger partial charge in [0.05, 0.1) is 16.1 Å². The van der Waals surface area contributed by atoms with Crippen LogP contribution in [0, 0.1) is 24.0 Å². The molecule has 0 spiro atoms. The Morgan fingerprint density at radius 2 is 1.73 bits per heavy atom. The van der Waals surface area contributed by atoms with Crippen LogP contribution in [0.4, 0.5) is 5.69 Å². The van der Waals surface area contributed by atoms with E-state index in [2.05, 4.69) is 0 Å². The number of non-ortho nitro benzene ring substituents is 1. The van der Waals surface area contributed by atoms with Crippen molar-refractivity contribution in [1.29, 1.82) is 0 Å². The third-order valence-corrected chi connectivity index (χ3v) is 4.16. The van der Waals surface area contributed by atoms with Crippen LogP contribution in [0.1, 0.15) is 31.8 Å². The summed E-state index contributed by atoms with van der Waals surface area (Å²) in [5.41, 5.74) is 1.60. The lowest BCUT2D eigenvalue weighted by molar-refractivity contribution is -0.384. The number of carbonyl (C=O) groups is 3. The minimum atomic E-state index is -0.780. The van der Waals surface area contributed by atoms with Gasteiger partial charge in [-0.05, 0) is 43.2 Å². The minimum Gasteiger partial charge on any atom is -0.425 e. The number of amides is 2. The van der Waals surface area contributed by atoms with E-state index in [0.29, 0.717) is 5.75 Å². The monoisotopic (exact) mass is 354 g/mol. The third kappa shape index (κ3) is 3.04. The molecule has 3 rings (SSSR count). The number of esters is 1. The smallest absolute Gasteiger partial charge is 0.331 e. The first kappa shape index (κ1) is 17.3. The molecule has 0 radical (unpaired) electrons. The van der Waals surface area contributed by atoms with Crippen LogP contribution in [0.25, 0.3) is 0 Å². The van der Waals surface area contributed by atoms with Gasteiger partial charge in [0.15, 0.2) is 0 Å². The lowest BCUT2D eigenvalue weighted by Crippen LogP contribution is -2.36. The number of hydrogen-bond donors (Lipinski definition) is 0. The molecule has 0 saturated heterocycles. The van der Waals surface area contributed by atoms with Gasteiger partial charge in [0, 0.05) is 12.1 Å². The number of aryl methyl sites for hydroxylation is 2. The van der Waals surface area contributed by atoms with Gasteiger partial charge in [-0.15, -0.1) is 0 Å². The molecule has 0 aromatic heterocycles. The number of nitro benzene ring substituents is 1. The molecule has 2 aromatic carbocycles. The lowest BCUT2D eigenvalue weighted by atomic mass is 10.1. The standard InChI is InChI=1S/C18H14N2O6/c1-10-3-5-13(7-11(10)2)26-16(21)9-19-17(22)14-6-4-12(20(24)25)8-15(14)18(19)23/h3-8H,9H2,1-2H3. The van der Waals surface area contributed by atoms with E-state index in [9.17, 15) is 24.5 Å². The maximum Gasteiger partial charge on any atom is 0.331 e. The predicted octanol–water partition coefficient (Wildman–Crippen LogP) is 2.41. The highest BCUT2D eigenvalue weighted by Crippen LogP contribution is 2.27. The third-order valence-electron chi connectivity index (χ3n) is 4.16. The van der Waals surface area contributed by atoms with Crippen molar-refractivity contribution < 1.29 is 24.0 Å². The largest absolute Gasteiger partial charge is 0.425 e. The van der Waals surface area contributed by atoms with Crippen LogP contribution in [0.3, 0.4) is 0 Å². The van der Waals surface area contributed by atoms with Gasteiger partial charge in [-0.1, -0.05) is 6.07 Å². The van der Waals surface area contributed by atoms with Crippen LogP contribution in [0.5, 0.6) is 5.75 Å². The molecule has 0 saturated carbocycles. The molecule has 0 aliphatic carbocycles. The number of ether oxygens (including phenoxy) is 1. The van der Waals surface area contributed by atoms with Gasteiger partial charge in [0.2, 0.25) is 0 Å². The first-order valence-corrected chi connectivity index (χ1v) is 7.70. The number of benzene rings is 2. The molecule has 8 heteroatoms. The van der Waals surface area contributed by atoms with Gasteiger partial charge in [-0.25, -0.2) is 4.79 Å². The first-order chi connectivity index (χ1) is 12.3. The molecule has 0 bridgehead atoms. The summed E-state index contributed by atoms with van der Waals surface area (Å²) < 4.78 is 5.18. The summed E-state index contributed by atoms with van der Waals surface area (Å²) in [6.45, 7) is 3.20. The normalized spacial score (nSPS) is 12.9. The highest BCUT2D eigenvalue weighted by Gasteiger charge is 2.38. The van der Waals surface area contributed by atoms with Crippen molar-refractivity contribution in [2.45, 2.75) is 13.8 Å². The van der Waals surface area contributed by atoms with Crippen molar-refractivity contribution in [2.75, 3.05) is 6.54 Å². The molecule has 2 amide bonds. The zero-order valence-corrected chi connectivity index (χ0v) is 14.0. The zero-order valence-electron chi connectivity index (χ0n) is 14.0. The Hall–Kier alpha value is -3.55. The molecule has 8 nitrogen and oxygen atoms in total. The summed E-state index contributed by atoms with van der Waals surface area (Å²) in [5.74, 6) is -1.91. The summed E-state index contributed by atoms with van der Waals surface area (Å²) in [7, 11) is 0. The van der Waals surface area contributed by atoms with Gasteiger partial charge in [0.25, 0.3) is 17.5 Å². The number of imide groups is 1. The number of fused-ring (bicyclic) bond motifs is 1. The molecule has 0 atom stereocenters. The van der Waals surface area contributed by atoms with Gasteiger partial charge in [0.1, 0.15) is 12.3 Å². The van der Waals surface area contributed by atoms with Crippen LogP contribution < -0.4 is 4.74 Å². The molecule has 0 fully saturated rings. The number of nitrogens with zero attached hydrogens (tertiary/aromatic N) is 2. The van der Waals surface area contributed by atoms with E-state index in [1.807, 2.05) is 13.8 Å². The number of carbonyl (C=O) groups excluding carboxylic acids is 3. The maximum absolute atomic E-state index is 12.3. The van der Waals surface area contributed by atoms with Crippen molar-refractivity contribution in [3.8, 4) is 5.75 Å². The number of hydrogen-bond acceptors (Lipinski definition) is 6. The summed E-state index contributed by atoms with van der Waals surface area (Å²) in [6.07, 6.45) is 0. The molecule has 0 N–H and O–H groups in total. The highest BCUT2D eigenvalue weighted by atomic mass is 16.6. The lowest BCUT2D eigenvalue weighted by Gasteiger charge is -2.13. The van der Waals surface area contributed by atoms with Crippen LogP contribution in [0.2, 0.25) is 0 Å². The summed E-state index contributed by atoms with van der Waals surface area (Å²) in [4.78, 5) is 47.6. The second-order valence-electron chi connectivity index (χ2n) is 5.90. The highest BCUT2D eigenvalue weighted by molar-refractivity contribution is 6.22. The van der Waals surface area contributed by atoms with Crippen molar-refractivity contribution in [1.82, 2.24) is 4.90 Å². The van der Waals surface area contributed by atoms with Crippen molar-refractivity contribution in [3.05, 3.63) is 68.8 Å². The Labute approximate surface area is 148 Å². The van der Waals surface area contributed by atoms with Crippen molar-refractivity contribution in [3.63, 3.8) is 0 Å². The second-order valence-corrected chi connectivity index (χ2v) is 5.90. The molecular formula is C18H14N2O6.